The third kappa shape index (κ3) is 2.99. The van der Waals surface area contributed by atoms with Crippen molar-refractivity contribution < 1.29 is 4.39 Å². The van der Waals surface area contributed by atoms with E-state index in [-0.39, 0.29) is 11.9 Å². The quantitative estimate of drug-likeness (QED) is 0.890. The number of aromatic nitrogens is 2. The van der Waals surface area contributed by atoms with Gasteiger partial charge in [0.25, 0.3) is 0 Å². The van der Waals surface area contributed by atoms with Crippen molar-refractivity contribution in [1.29, 1.82) is 0 Å². The lowest BCUT2D eigenvalue weighted by Gasteiger charge is -2.17. The van der Waals surface area contributed by atoms with Gasteiger partial charge >= 0.3 is 0 Å². The Hall–Kier alpha value is -2.17. The summed E-state index contributed by atoms with van der Waals surface area (Å²) in [5.74, 6) is 1.50. The first kappa shape index (κ1) is 13.3. The van der Waals surface area contributed by atoms with E-state index in [1.807, 2.05) is 19.9 Å². The Balaban J connectivity index is 2.26. The van der Waals surface area contributed by atoms with Crippen LogP contribution in [0, 0.1) is 19.7 Å². The summed E-state index contributed by atoms with van der Waals surface area (Å²) in [6, 6.07) is 6.42. The van der Waals surface area contributed by atoms with Gasteiger partial charge in [-0.1, -0.05) is 12.1 Å². The zero-order valence-electron chi connectivity index (χ0n) is 11.2. The Bertz CT molecular complexity index is 598. The van der Waals surface area contributed by atoms with Gasteiger partial charge in [-0.15, -0.1) is 0 Å². The topological polar surface area (TPSA) is 63.8 Å². The van der Waals surface area contributed by atoms with Crippen LogP contribution in [-0.2, 0) is 0 Å². The SMILES string of the molecule is Cc1nc(N)c(C)c(NC(C)c2cccc(F)c2)n1. The second kappa shape index (κ2) is 5.22. The number of nitrogens with zero attached hydrogens (tertiary/aromatic N) is 2. The van der Waals surface area contributed by atoms with Crippen molar-refractivity contribution in [2.45, 2.75) is 26.8 Å². The van der Waals surface area contributed by atoms with Gasteiger partial charge < -0.3 is 11.1 Å². The van der Waals surface area contributed by atoms with E-state index in [0.717, 1.165) is 11.1 Å². The van der Waals surface area contributed by atoms with Crippen molar-refractivity contribution >= 4 is 11.6 Å². The second-order valence-corrected chi connectivity index (χ2v) is 4.55. The van der Waals surface area contributed by atoms with Gasteiger partial charge in [0, 0.05) is 5.56 Å². The zero-order chi connectivity index (χ0) is 14.0. The fourth-order valence-corrected chi connectivity index (χ4v) is 1.86. The minimum Gasteiger partial charge on any atom is -0.383 e. The van der Waals surface area contributed by atoms with E-state index >= 15 is 0 Å². The van der Waals surface area contributed by atoms with Gasteiger partial charge in [0.1, 0.15) is 23.3 Å². The van der Waals surface area contributed by atoms with Crippen molar-refractivity contribution in [3.05, 3.63) is 47.0 Å². The molecule has 1 aromatic heterocycles. The number of nitrogens with two attached hydrogens (primary N) is 1. The Kier molecular flexibility index (Phi) is 3.64. The molecule has 0 aliphatic carbocycles. The number of benzene rings is 1. The van der Waals surface area contributed by atoms with E-state index in [9.17, 15) is 4.39 Å². The van der Waals surface area contributed by atoms with E-state index in [1.165, 1.54) is 12.1 Å². The Morgan fingerprint density at radius 1 is 1.26 bits per heavy atom. The fourth-order valence-electron chi connectivity index (χ4n) is 1.86. The van der Waals surface area contributed by atoms with Crippen LogP contribution in [0.5, 0.6) is 0 Å². The molecule has 2 rings (SSSR count). The Morgan fingerprint density at radius 2 is 2.00 bits per heavy atom. The molecule has 1 aromatic carbocycles. The molecule has 4 nitrogen and oxygen atoms in total. The Labute approximate surface area is 111 Å². The van der Waals surface area contributed by atoms with Gasteiger partial charge in [0.05, 0.1) is 6.04 Å². The predicted molar refractivity (Wildman–Crippen MR) is 74.4 cm³/mol. The van der Waals surface area contributed by atoms with Crippen LogP contribution in [0.15, 0.2) is 24.3 Å². The molecule has 5 heteroatoms. The van der Waals surface area contributed by atoms with Crippen LogP contribution in [0.25, 0.3) is 0 Å². The second-order valence-electron chi connectivity index (χ2n) is 4.55. The first-order valence-electron chi connectivity index (χ1n) is 6.10. The fraction of sp³-hybridized carbons (Fsp3) is 0.286. The van der Waals surface area contributed by atoms with E-state index in [2.05, 4.69) is 15.3 Å². The smallest absolute Gasteiger partial charge is 0.135 e. The third-order valence-corrected chi connectivity index (χ3v) is 3.00. The minimum atomic E-state index is -0.249. The number of rotatable bonds is 3. The molecule has 0 aliphatic rings. The highest BCUT2D eigenvalue weighted by Crippen LogP contribution is 2.23. The summed E-state index contributed by atoms with van der Waals surface area (Å²) in [6.07, 6.45) is 0. The number of halogens is 1. The highest BCUT2D eigenvalue weighted by atomic mass is 19.1. The van der Waals surface area contributed by atoms with Gasteiger partial charge in [-0.3, -0.25) is 0 Å². The van der Waals surface area contributed by atoms with Crippen LogP contribution >= 0.6 is 0 Å². The van der Waals surface area contributed by atoms with E-state index < -0.39 is 0 Å². The van der Waals surface area contributed by atoms with Crippen molar-refractivity contribution in [3.8, 4) is 0 Å². The molecule has 0 bridgehead atoms. The largest absolute Gasteiger partial charge is 0.383 e. The number of hydrogen-bond acceptors (Lipinski definition) is 4. The summed E-state index contributed by atoms with van der Waals surface area (Å²) in [5.41, 5.74) is 7.46. The molecule has 1 heterocycles. The van der Waals surface area contributed by atoms with Crippen LogP contribution in [0.1, 0.15) is 29.9 Å². The number of nitrogen functional groups attached to an aromatic ring is 1. The number of nitrogens with one attached hydrogen (secondary N) is 1. The molecule has 0 spiro atoms. The van der Waals surface area contributed by atoms with Crippen molar-refractivity contribution in [1.82, 2.24) is 9.97 Å². The highest BCUT2D eigenvalue weighted by molar-refractivity contribution is 5.55. The molecule has 0 amide bonds. The monoisotopic (exact) mass is 260 g/mol. The van der Waals surface area contributed by atoms with Gasteiger partial charge in [-0.05, 0) is 38.5 Å². The number of anilines is 2. The molecular weight excluding hydrogens is 243 g/mol. The molecule has 1 unspecified atom stereocenters. The van der Waals surface area contributed by atoms with E-state index in [4.69, 9.17) is 5.73 Å². The maximum Gasteiger partial charge on any atom is 0.135 e. The minimum absolute atomic E-state index is 0.0666. The summed E-state index contributed by atoms with van der Waals surface area (Å²) in [6.45, 7) is 5.59. The molecule has 3 N–H and O–H groups in total. The molecule has 0 saturated heterocycles. The van der Waals surface area contributed by atoms with Crippen LogP contribution in [0.3, 0.4) is 0 Å². The summed E-state index contributed by atoms with van der Waals surface area (Å²) in [4.78, 5) is 8.42. The molecule has 2 aromatic rings. The van der Waals surface area contributed by atoms with Crippen molar-refractivity contribution in [2.75, 3.05) is 11.1 Å². The average molecular weight is 260 g/mol. The first-order valence-corrected chi connectivity index (χ1v) is 6.10. The van der Waals surface area contributed by atoms with E-state index in [1.54, 1.807) is 13.0 Å². The number of hydrogen-bond donors (Lipinski definition) is 2. The lowest BCUT2D eigenvalue weighted by molar-refractivity contribution is 0.623. The van der Waals surface area contributed by atoms with Gasteiger partial charge in [-0.25, -0.2) is 14.4 Å². The lowest BCUT2D eigenvalue weighted by Crippen LogP contribution is -2.12. The number of aryl methyl sites for hydroxylation is 1. The average Bonchev–Trinajstić information content (AvgIpc) is 2.35. The van der Waals surface area contributed by atoms with Crippen molar-refractivity contribution in [3.63, 3.8) is 0 Å². The van der Waals surface area contributed by atoms with Crippen LogP contribution in [0.2, 0.25) is 0 Å². The molecule has 0 fully saturated rings. The maximum atomic E-state index is 13.2. The molecule has 1 atom stereocenters. The lowest BCUT2D eigenvalue weighted by atomic mass is 10.1. The van der Waals surface area contributed by atoms with Crippen LogP contribution in [0.4, 0.5) is 16.0 Å². The third-order valence-electron chi connectivity index (χ3n) is 3.00. The van der Waals surface area contributed by atoms with Crippen molar-refractivity contribution in [2.24, 2.45) is 0 Å². The van der Waals surface area contributed by atoms with Crippen LogP contribution in [-0.4, -0.2) is 9.97 Å². The zero-order valence-corrected chi connectivity index (χ0v) is 11.2. The van der Waals surface area contributed by atoms with Crippen LogP contribution < -0.4 is 11.1 Å². The van der Waals surface area contributed by atoms with Gasteiger partial charge in [0.2, 0.25) is 0 Å². The Morgan fingerprint density at radius 3 is 2.68 bits per heavy atom. The summed E-state index contributed by atoms with van der Waals surface area (Å²) < 4.78 is 13.2. The van der Waals surface area contributed by atoms with Gasteiger partial charge in [0.15, 0.2) is 0 Å². The summed E-state index contributed by atoms with van der Waals surface area (Å²) in [5, 5.41) is 3.24. The standard InChI is InChI=1S/C14H17FN4/c1-8-13(16)18-10(3)19-14(8)17-9(2)11-5-4-6-12(15)7-11/h4-7,9H,1-3H3,(H3,16,17,18,19). The predicted octanol–water partition coefficient (Wildman–Crippen LogP) is 2.99. The summed E-state index contributed by atoms with van der Waals surface area (Å²) in [7, 11) is 0. The highest BCUT2D eigenvalue weighted by Gasteiger charge is 2.11. The molecular formula is C14H17FN4. The molecule has 100 valence electrons. The maximum absolute atomic E-state index is 13.2. The van der Waals surface area contributed by atoms with E-state index in [0.29, 0.717) is 17.5 Å². The molecule has 0 saturated carbocycles. The normalized spacial score (nSPS) is 12.2. The first-order chi connectivity index (χ1) is 8.97. The van der Waals surface area contributed by atoms with Gasteiger partial charge in [-0.2, -0.15) is 0 Å². The summed E-state index contributed by atoms with van der Waals surface area (Å²) >= 11 is 0. The molecule has 0 aliphatic heterocycles. The molecule has 19 heavy (non-hydrogen) atoms. The molecule has 0 radical (unpaired) electrons.